The Labute approximate surface area is 161 Å². The average molecular weight is 365 g/mol. The predicted molar refractivity (Wildman–Crippen MR) is 114 cm³/mol. The molecule has 2 heteroatoms. The van der Waals surface area contributed by atoms with Gasteiger partial charge < -0.3 is 4.74 Å². The van der Waals surface area contributed by atoms with Crippen molar-refractivity contribution in [3.8, 4) is 5.75 Å². The van der Waals surface area contributed by atoms with Crippen molar-refractivity contribution in [2.45, 2.75) is 96.3 Å². The van der Waals surface area contributed by atoms with E-state index in [0.29, 0.717) is 0 Å². The highest BCUT2D eigenvalue weighted by molar-refractivity contribution is 7.99. The van der Waals surface area contributed by atoms with E-state index >= 15 is 0 Å². The Balaban J connectivity index is 2.09. The standard InChI is InChI=1S/C23H40OS/c1-4-6-7-8-9-13-19-25-23-17-14-16-22(20-23)24-18-12-10-11-15-21(3)5-2/h14,16-17,20-21H,4-13,15,18-19H2,1-3H3. The first-order chi connectivity index (χ1) is 12.3. The molecule has 0 bridgehead atoms. The molecule has 0 saturated heterocycles. The number of hydrogen-bond donors (Lipinski definition) is 0. The van der Waals surface area contributed by atoms with Gasteiger partial charge in [0.25, 0.3) is 0 Å². The van der Waals surface area contributed by atoms with Crippen LogP contribution in [0.4, 0.5) is 0 Å². The molecular weight excluding hydrogens is 324 g/mol. The molecule has 0 amide bonds. The molecule has 1 aromatic rings. The highest BCUT2D eigenvalue weighted by Crippen LogP contribution is 2.24. The lowest BCUT2D eigenvalue weighted by Crippen LogP contribution is -1.98. The number of rotatable bonds is 16. The van der Waals surface area contributed by atoms with E-state index in [2.05, 4.69) is 45.0 Å². The van der Waals surface area contributed by atoms with E-state index < -0.39 is 0 Å². The Morgan fingerprint density at radius 2 is 1.68 bits per heavy atom. The smallest absolute Gasteiger partial charge is 0.120 e. The van der Waals surface area contributed by atoms with Crippen molar-refractivity contribution in [3.05, 3.63) is 24.3 Å². The highest BCUT2D eigenvalue weighted by Gasteiger charge is 2.00. The molecule has 0 aliphatic rings. The van der Waals surface area contributed by atoms with E-state index in [4.69, 9.17) is 4.74 Å². The van der Waals surface area contributed by atoms with Crippen molar-refractivity contribution in [2.75, 3.05) is 12.4 Å². The molecule has 0 spiro atoms. The second kappa shape index (κ2) is 15.6. The molecule has 1 unspecified atom stereocenters. The predicted octanol–water partition coefficient (Wildman–Crippen LogP) is 8.12. The Hall–Kier alpha value is -0.630. The van der Waals surface area contributed by atoms with Crippen molar-refractivity contribution in [3.63, 3.8) is 0 Å². The van der Waals surface area contributed by atoms with E-state index in [1.165, 1.54) is 81.3 Å². The van der Waals surface area contributed by atoms with Crippen LogP contribution in [0.1, 0.15) is 91.4 Å². The topological polar surface area (TPSA) is 9.23 Å². The molecule has 25 heavy (non-hydrogen) atoms. The summed E-state index contributed by atoms with van der Waals surface area (Å²) in [5.74, 6) is 3.14. The maximum atomic E-state index is 5.94. The van der Waals surface area contributed by atoms with E-state index in [0.717, 1.165) is 18.3 Å². The second-order valence-corrected chi connectivity index (χ2v) is 8.47. The van der Waals surface area contributed by atoms with Gasteiger partial charge >= 0.3 is 0 Å². The first-order valence-electron chi connectivity index (χ1n) is 10.6. The first-order valence-corrected chi connectivity index (χ1v) is 11.6. The SMILES string of the molecule is CCCCCCCCSc1cccc(OCCCCCC(C)CC)c1. The number of ether oxygens (including phenoxy) is 1. The van der Waals surface area contributed by atoms with Crippen molar-refractivity contribution in [1.82, 2.24) is 0 Å². The van der Waals surface area contributed by atoms with Crippen molar-refractivity contribution < 1.29 is 4.74 Å². The first kappa shape index (κ1) is 22.4. The minimum atomic E-state index is 0.853. The molecule has 0 radical (unpaired) electrons. The maximum absolute atomic E-state index is 5.94. The summed E-state index contributed by atoms with van der Waals surface area (Å²) in [6.45, 7) is 7.76. The van der Waals surface area contributed by atoms with Crippen LogP contribution in [-0.2, 0) is 0 Å². The average Bonchev–Trinajstić information content (AvgIpc) is 2.64. The molecule has 1 nitrogen and oxygen atoms in total. The van der Waals surface area contributed by atoms with Crippen LogP contribution in [0.25, 0.3) is 0 Å². The Morgan fingerprint density at radius 3 is 2.48 bits per heavy atom. The number of thioether (sulfide) groups is 1. The minimum absolute atomic E-state index is 0.853. The summed E-state index contributed by atoms with van der Waals surface area (Å²) in [6, 6.07) is 8.64. The van der Waals surface area contributed by atoms with Crippen molar-refractivity contribution in [2.24, 2.45) is 5.92 Å². The molecule has 0 aliphatic heterocycles. The summed E-state index contributed by atoms with van der Waals surface area (Å²) >= 11 is 1.97. The third-order valence-electron chi connectivity index (χ3n) is 4.88. The fraction of sp³-hybridized carbons (Fsp3) is 0.739. The maximum Gasteiger partial charge on any atom is 0.120 e. The number of hydrogen-bond acceptors (Lipinski definition) is 2. The molecule has 0 aromatic heterocycles. The fourth-order valence-corrected chi connectivity index (χ4v) is 3.85. The van der Waals surface area contributed by atoms with Gasteiger partial charge in [0.15, 0.2) is 0 Å². The van der Waals surface area contributed by atoms with Crippen LogP contribution >= 0.6 is 11.8 Å². The lowest BCUT2D eigenvalue weighted by Gasteiger charge is -2.09. The molecule has 0 N–H and O–H groups in total. The van der Waals surface area contributed by atoms with Crippen LogP contribution in [0.3, 0.4) is 0 Å². The van der Waals surface area contributed by atoms with Crippen LogP contribution in [0, 0.1) is 5.92 Å². The van der Waals surface area contributed by atoms with Gasteiger partial charge in [0.2, 0.25) is 0 Å². The lowest BCUT2D eigenvalue weighted by molar-refractivity contribution is 0.301. The van der Waals surface area contributed by atoms with Crippen molar-refractivity contribution in [1.29, 1.82) is 0 Å². The van der Waals surface area contributed by atoms with Gasteiger partial charge in [-0.1, -0.05) is 84.6 Å². The van der Waals surface area contributed by atoms with Crippen LogP contribution in [0.5, 0.6) is 5.75 Å². The third kappa shape index (κ3) is 12.4. The van der Waals surface area contributed by atoms with Gasteiger partial charge in [-0.25, -0.2) is 0 Å². The van der Waals surface area contributed by atoms with Crippen LogP contribution in [-0.4, -0.2) is 12.4 Å². The number of unbranched alkanes of at least 4 members (excludes halogenated alkanes) is 7. The quantitative estimate of drug-likeness (QED) is 0.216. The molecule has 0 heterocycles. The van der Waals surface area contributed by atoms with Gasteiger partial charge in [-0.3, -0.25) is 0 Å². The summed E-state index contributed by atoms with van der Waals surface area (Å²) in [5, 5.41) is 0. The lowest BCUT2D eigenvalue weighted by atomic mass is 10.0. The molecule has 0 fully saturated rings. The van der Waals surface area contributed by atoms with E-state index in [1.54, 1.807) is 0 Å². The zero-order chi connectivity index (χ0) is 18.2. The van der Waals surface area contributed by atoms with Crippen LogP contribution < -0.4 is 4.74 Å². The molecule has 144 valence electrons. The van der Waals surface area contributed by atoms with Gasteiger partial charge in [0.1, 0.15) is 5.75 Å². The van der Waals surface area contributed by atoms with Crippen LogP contribution in [0.2, 0.25) is 0 Å². The zero-order valence-corrected chi connectivity index (χ0v) is 17.7. The monoisotopic (exact) mass is 364 g/mol. The van der Waals surface area contributed by atoms with Gasteiger partial charge in [-0.05, 0) is 42.7 Å². The number of benzene rings is 1. The molecular formula is C23H40OS. The largest absolute Gasteiger partial charge is 0.494 e. The summed E-state index contributed by atoms with van der Waals surface area (Å²) < 4.78 is 5.94. The van der Waals surface area contributed by atoms with E-state index in [-0.39, 0.29) is 0 Å². The van der Waals surface area contributed by atoms with Gasteiger partial charge in [0, 0.05) is 4.90 Å². The fourth-order valence-electron chi connectivity index (χ4n) is 2.89. The highest BCUT2D eigenvalue weighted by atomic mass is 32.2. The zero-order valence-electron chi connectivity index (χ0n) is 16.9. The second-order valence-electron chi connectivity index (χ2n) is 7.30. The molecule has 1 rings (SSSR count). The minimum Gasteiger partial charge on any atom is -0.494 e. The molecule has 1 aromatic carbocycles. The summed E-state index contributed by atoms with van der Waals surface area (Å²) in [6.07, 6.45) is 14.7. The third-order valence-corrected chi connectivity index (χ3v) is 5.96. The molecule has 0 saturated carbocycles. The normalized spacial score (nSPS) is 12.3. The molecule has 1 atom stereocenters. The summed E-state index contributed by atoms with van der Waals surface area (Å²) in [4.78, 5) is 1.35. The van der Waals surface area contributed by atoms with E-state index in [1.807, 2.05) is 11.8 Å². The Kier molecular flexibility index (Phi) is 14.0. The van der Waals surface area contributed by atoms with Crippen LogP contribution in [0.15, 0.2) is 29.2 Å². The summed E-state index contributed by atoms with van der Waals surface area (Å²) in [5.41, 5.74) is 0. The van der Waals surface area contributed by atoms with E-state index in [9.17, 15) is 0 Å². The van der Waals surface area contributed by atoms with Crippen molar-refractivity contribution >= 4 is 11.8 Å². The van der Waals surface area contributed by atoms with Gasteiger partial charge in [-0.15, -0.1) is 11.8 Å². The van der Waals surface area contributed by atoms with Gasteiger partial charge in [0.05, 0.1) is 6.61 Å². The Bertz CT molecular complexity index is 418. The summed E-state index contributed by atoms with van der Waals surface area (Å²) in [7, 11) is 0. The van der Waals surface area contributed by atoms with Gasteiger partial charge in [-0.2, -0.15) is 0 Å². The Morgan fingerprint density at radius 1 is 0.920 bits per heavy atom. The molecule has 0 aliphatic carbocycles.